The van der Waals surface area contributed by atoms with Crippen LogP contribution in [0.1, 0.15) is 10.8 Å². The predicted molar refractivity (Wildman–Crippen MR) is 85.6 cm³/mol. The van der Waals surface area contributed by atoms with Crippen LogP contribution in [0.3, 0.4) is 0 Å². The van der Waals surface area contributed by atoms with Gasteiger partial charge in [0.1, 0.15) is 5.25 Å². The summed E-state index contributed by atoms with van der Waals surface area (Å²) in [5.74, 6) is 0.127. The Morgan fingerprint density at radius 1 is 1.27 bits per heavy atom. The van der Waals surface area contributed by atoms with Gasteiger partial charge in [-0.3, -0.25) is 4.79 Å². The van der Waals surface area contributed by atoms with Gasteiger partial charge in [0.15, 0.2) is 5.16 Å². The number of ether oxygens (including phenoxy) is 1. The largest absolute Gasteiger partial charge is 0.378 e. The maximum Gasteiger partial charge on any atom is 0.240 e. The van der Waals surface area contributed by atoms with Gasteiger partial charge in [0.25, 0.3) is 0 Å². The zero-order valence-corrected chi connectivity index (χ0v) is 13.3. The molecule has 1 aliphatic heterocycles. The Balaban J connectivity index is 1.85. The molecule has 0 spiro atoms. The quantitative estimate of drug-likeness (QED) is 0.811. The van der Waals surface area contributed by atoms with Crippen LogP contribution in [0.2, 0.25) is 0 Å². The molecule has 0 aliphatic carbocycles. The van der Waals surface area contributed by atoms with Gasteiger partial charge in [-0.15, -0.1) is 0 Å². The van der Waals surface area contributed by atoms with Crippen LogP contribution in [0.4, 0.5) is 0 Å². The van der Waals surface area contributed by atoms with Gasteiger partial charge in [-0.25, -0.2) is 4.98 Å². The molecule has 116 valence electrons. The highest BCUT2D eigenvalue weighted by Crippen LogP contribution is 2.35. The zero-order valence-electron chi connectivity index (χ0n) is 12.5. The number of aryl methyl sites for hydroxylation is 1. The number of aromatic nitrogens is 2. The minimum absolute atomic E-state index is 0.127. The fourth-order valence-electron chi connectivity index (χ4n) is 2.41. The maximum atomic E-state index is 12.9. The second kappa shape index (κ2) is 6.98. The van der Waals surface area contributed by atoms with E-state index in [-0.39, 0.29) is 11.2 Å². The van der Waals surface area contributed by atoms with Crippen LogP contribution in [0.5, 0.6) is 0 Å². The lowest BCUT2D eigenvalue weighted by Crippen LogP contribution is -2.42. The molecule has 1 atom stereocenters. The summed E-state index contributed by atoms with van der Waals surface area (Å²) in [6.45, 7) is 2.53. The molecule has 22 heavy (non-hydrogen) atoms. The Hall–Kier alpha value is -1.79. The molecule has 1 aromatic carbocycles. The summed E-state index contributed by atoms with van der Waals surface area (Å²) in [5.41, 5.74) is 1.01. The number of morpholine rings is 1. The number of imidazole rings is 1. The van der Waals surface area contributed by atoms with E-state index in [9.17, 15) is 4.79 Å². The Bertz CT molecular complexity index is 623. The van der Waals surface area contributed by atoms with Crippen molar-refractivity contribution in [1.29, 1.82) is 0 Å². The molecule has 0 bridgehead atoms. The Labute approximate surface area is 134 Å². The molecule has 1 fully saturated rings. The van der Waals surface area contributed by atoms with Crippen molar-refractivity contribution in [3.8, 4) is 0 Å². The Kier molecular flexibility index (Phi) is 4.80. The van der Waals surface area contributed by atoms with Gasteiger partial charge >= 0.3 is 0 Å². The number of carbonyl (C=O) groups is 1. The molecule has 6 heteroatoms. The lowest BCUT2D eigenvalue weighted by atomic mass is 10.1. The highest BCUT2D eigenvalue weighted by Gasteiger charge is 2.29. The molecule has 2 aromatic rings. The zero-order chi connectivity index (χ0) is 15.4. The van der Waals surface area contributed by atoms with E-state index in [1.54, 1.807) is 6.20 Å². The second-order valence-corrected chi connectivity index (χ2v) is 6.24. The van der Waals surface area contributed by atoms with Crippen molar-refractivity contribution in [2.75, 3.05) is 26.3 Å². The maximum absolute atomic E-state index is 12.9. The molecule has 2 heterocycles. The van der Waals surface area contributed by atoms with Crippen molar-refractivity contribution in [1.82, 2.24) is 14.5 Å². The minimum atomic E-state index is -0.277. The van der Waals surface area contributed by atoms with E-state index in [2.05, 4.69) is 4.98 Å². The average molecular weight is 317 g/mol. The van der Waals surface area contributed by atoms with Crippen LogP contribution >= 0.6 is 11.8 Å². The average Bonchev–Trinajstić information content (AvgIpc) is 2.98. The molecule has 0 saturated carbocycles. The predicted octanol–water partition coefficient (Wildman–Crippen LogP) is 2.11. The van der Waals surface area contributed by atoms with Crippen molar-refractivity contribution in [2.24, 2.45) is 7.05 Å². The highest BCUT2D eigenvalue weighted by molar-refractivity contribution is 8.00. The number of hydrogen-bond donors (Lipinski definition) is 0. The van der Waals surface area contributed by atoms with Crippen LogP contribution in [0.15, 0.2) is 47.9 Å². The summed E-state index contributed by atoms with van der Waals surface area (Å²) in [4.78, 5) is 19.2. The SMILES string of the molecule is Cn1ccnc1SC(C(=O)N1CCOCC1)c1ccccc1. The summed E-state index contributed by atoms with van der Waals surface area (Å²) in [6.07, 6.45) is 3.65. The summed E-state index contributed by atoms with van der Waals surface area (Å²) in [7, 11) is 1.94. The molecule has 3 rings (SSSR count). The van der Waals surface area contributed by atoms with E-state index in [1.165, 1.54) is 11.8 Å². The van der Waals surface area contributed by atoms with Crippen LogP contribution in [-0.4, -0.2) is 46.7 Å². The first-order valence-corrected chi connectivity index (χ1v) is 8.19. The molecule has 1 aromatic heterocycles. The van der Waals surface area contributed by atoms with Gasteiger partial charge in [-0.1, -0.05) is 42.1 Å². The second-order valence-electron chi connectivity index (χ2n) is 5.17. The number of hydrogen-bond acceptors (Lipinski definition) is 4. The van der Waals surface area contributed by atoms with Crippen LogP contribution in [-0.2, 0) is 16.6 Å². The van der Waals surface area contributed by atoms with Crippen molar-refractivity contribution in [3.63, 3.8) is 0 Å². The smallest absolute Gasteiger partial charge is 0.240 e. The fraction of sp³-hybridized carbons (Fsp3) is 0.375. The van der Waals surface area contributed by atoms with Crippen molar-refractivity contribution >= 4 is 17.7 Å². The number of carbonyl (C=O) groups excluding carboxylic acids is 1. The summed E-state index contributed by atoms with van der Waals surface area (Å²) in [6, 6.07) is 9.89. The minimum Gasteiger partial charge on any atom is -0.378 e. The van der Waals surface area contributed by atoms with E-state index < -0.39 is 0 Å². The first-order chi connectivity index (χ1) is 10.8. The third-order valence-electron chi connectivity index (χ3n) is 3.65. The van der Waals surface area contributed by atoms with Crippen LogP contribution in [0.25, 0.3) is 0 Å². The Morgan fingerprint density at radius 3 is 2.64 bits per heavy atom. The van der Waals surface area contributed by atoms with Crippen molar-refractivity contribution in [3.05, 3.63) is 48.3 Å². The molecular weight excluding hydrogens is 298 g/mol. The monoisotopic (exact) mass is 317 g/mol. The van der Waals surface area contributed by atoms with Crippen LogP contribution < -0.4 is 0 Å². The summed E-state index contributed by atoms with van der Waals surface area (Å²) >= 11 is 1.50. The molecule has 1 amide bonds. The number of nitrogens with zero attached hydrogens (tertiary/aromatic N) is 3. The normalized spacial score (nSPS) is 16.5. The van der Waals surface area contributed by atoms with E-state index >= 15 is 0 Å². The summed E-state index contributed by atoms with van der Waals surface area (Å²) in [5, 5.41) is 0.566. The van der Waals surface area contributed by atoms with E-state index in [0.717, 1.165) is 10.7 Å². The molecule has 5 nitrogen and oxygen atoms in total. The van der Waals surface area contributed by atoms with E-state index in [0.29, 0.717) is 26.3 Å². The lowest BCUT2D eigenvalue weighted by Gasteiger charge is -2.30. The van der Waals surface area contributed by atoms with Gasteiger partial charge in [0, 0.05) is 32.5 Å². The van der Waals surface area contributed by atoms with E-state index in [4.69, 9.17) is 4.74 Å². The molecule has 1 aliphatic rings. The third-order valence-corrected chi connectivity index (χ3v) is 4.96. The molecule has 0 N–H and O–H groups in total. The van der Waals surface area contributed by atoms with Gasteiger partial charge in [0.05, 0.1) is 13.2 Å². The van der Waals surface area contributed by atoms with Gasteiger partial charge in [0.2, 0.25) is 5.91 Å². The van der Waals surface area contributed by atoms with Crippen LogP contribution in [0, 0.1) is 0 Å². The molecule has 1 saturated heterocycles. The lowest BCUT2D eigenvalue weighted by molar-refractivity contribution is -0.134. The van der Waals surface area contributed by atoms with Gasteiger partial charge < -0.3 is 14.2 Å². The summed E-state index contributed by atoms with van der Waals surface area (Å²) < 4.78 is 7.28. The van der Waals surface area contributed by atoms with Crippen molar-refractivity contribution < 1.29 is 9.53 Å². The number of thioether (sulfide) groups is 1. The molecular formula is C16H19N3O2S. The highest BCUT2D eigenvalue weighted by atomic mass is 32.2. The standard InChI is InChI=1S/C16H19N3O2S/c1-18-8-7-17-16(18)22-14(13-5-3-2-4-6-13)15(20)19-9-11-21-12-10-19/h2-8,14H,9-12H2,1H3. The third kappa shape index (κ3) is 3.34. The topological polar surface area (TPSA) is 47.4 Å². The van der Waals surface area contributed by atoms with Gasteiger partial charge in [-0.2, -0.15) is 0 Å². The number of rotatable bonds is 4. The van der Waals surface area contributed by atoms with Crippen molar-refractivity contribution in [2.45, 2.75) is 10.4 Å². The molecule has 0 radical (unpaired) electrons. The number of amides is 1. The fourth-order valence-corrected chi connectivity index (χ4v) is 3.51. The van der Waals surface area contributed by atoms with E-state index in [1.807, 2.05) is 53.0 Å². The Morgan fingerprint density at radius 2 is 2.00 bits per heavy atom. The first-order valence-electron chi connectivity index (χ1n) is 7.31. The molecule has 1 unspecified atom stereocenters. The number of benzene rings is 1. The van der Waals surface area contributed by atoms with Gasteiger partial charge in [-0.05, 0) is 5.56 Å². The first kappa shape index (κ1) is 15.1.